The van der Waals surface area contributed by atoms with Crippen molar-refractivity contribution in [2.24, 2.45) is 11.3 Å². The zero-order chi connectivity index (χ0) is 21.2. The van der Waals surface area contributed by atoms with Gasteiger partial charge in [-0.15, -0.1) is 0 Å². The van der Waals surface area contributed by atoms with Crippen LogP contribution in [-0.2, 0) is 13.9 Å². The van der Waals surface area contributed by atoms with Crippen LogP contribution in [0.2, 0.25) is 6.55 Å². The molecular weight excluding hydrogens is 388 g/mol. The van der Waals surface area contributed by atoms with Crippen LogP contribution in [0.3, 0.4) is 0 Å². The fraction of sp³-hybridized carbons (Fsp3) is 0.462. The number of rotatable bonds is 5. The molecule has 0 radical (unpaired) electrons. The van der Waals surface area contributed by atoms with Crippen LogP contribution in [0.1, 0.15) is 33.6 Å². The van der Waals surface area contributed by atoms with Gasteiger partial charge in [-0.05, 0) is 50.5 Å². The lowest BCUT2D eigenvalue weighted by atomic mass is 9.86. The molecule has 3 nitrogen and oxygen atoms in total. The van der Waals surface area contributed by atoms with E-state index in [9.17, 15) is 0 Å². The van der Waals surface area contributed by atoms with Gasteiger partial charge >= 0.3 is 0 Å². The number of allylic oxidation sites excluding steroid dienone is 1. The summed E-state index contributed by atoms with van der Waals surface area (Å²) in [4.78, 5) is 0. The molecule has 1 spiro atoms. The number of benzene rings is 2. The minimum Gasteiger partial charge on any atom is -0.405 e. The van der Waals surface area contributed by atoms with Crippen molar-refractivity contribution in [1.82, 2.24) is 0 Å². The highest BCUT2D eigenvalue weighted by atomic mass is 28.4. The van der Waals surface area contributed by atoms with E-state index in [1.807, 2.05) is 13.8 Å². The summed E-state index contributed by atoms with van der Waals surface area (Å²) in [5, 5.41) is 2.63. The molecule has 2 atom stereocenters. The third-order valence-corrected chi connectivity index (χ3v) is 10.4. The third-order valence-electron chi connectivity index (χ3n) is 6.71. The molecule has 0 bridgehead atoms. The van der Waals surface area contributed by atoms with Crippen LogP contribution in [0, 0.1) is 11.3 Å². The van der Waals surface area contributed by atoms with Crippen molar-refractivity contribution in [1.29, 1.82) is 0 Å². The van der Waals surface area contributed by atoms with Gasteiger partial charge in [-0.1, -0.05) is 72.8 Å². The van der Waals surface area contributed by atoms with Crippen molar-refractivity contribution in [3.63, 3.8) is 0 Å². The van der Waals surface area contributed by atoms with Crippen LogP contribution >= 0.6 is 0 Å². The number of ether oxygens (including phenoxy) is 2. The fourth-order valence-electron chi connectivity index (χ4n) is 4.95. The first-order valence-corrected chi connectivity index (χ1v) is 13.5. The van der Waals surface area contributed by atoms with Gasteiger partial charge in [-0.25, -0.2) is 0 Å². The van der Waals surface area contributed by atoms with Gasteiger partial charge in [0.2, 0.25) is 0 Å². The molecule has 1 aliphatic carbocycles. The number of hydrogen-bond acceptors (Lipinski definition) is 3. The highest BCUT2D eigenvalue weighted by molar-refractivity contribution is 6.96. The maximum absolute atomic E-state index is 7.19. The Labute approximate surface area is 182 Å². The van der Waals surface area contributed by atoms with Gasteiger partial charge < -0.3 is 13.9 Å². The Morgan fingerprint density at radius 1 is 0.900 bits per heavy atom. The monoisotopic (exact) mass is 422 g/mol. The lowest BCUT2D eigenvalue weighted by Gasteiger charge is -2.41. The van der Waals surface area contributed by atoms with Crippen LogP contribution < -0.4 is 10.4 Å². The van der Waals surface area contributed by atoms with E-state index in [4.69, 9.17) is 13.9 Å². The molecule has 0 unspecified atom stereocenters. The Kier molecular flexibility index (Phi) is 6.04. The minimum absolute atomic E-state index is 0.0348. The molecule has 160 valence electrons. The molecular formula is C26H34O3Si. The maximum atomic E-state index is 7.19. The molecule has 1 saturated heterocycles. The maximum Gasteiger partial charge on any atom is 0.253 e. The van der Waals surface area contributed by atoms with E-state index in [1.165, 1.54) is 10.4 Å². The van der Waals surface area contributed by atoms with Crippen LogP contribution in [0.15, 0.2) is 72.8 Å². The molecule has 0 aromatic heterocycles. The molecule has 0 N–H and O–H groups in total. The highest BCUT2D eigenvalue weighted by Crippen LogP contribution is 2.48. The van der Waals surface area contributed by atoms with Crippen molar-refractivity contribution < 1.29 is 13.9 Å². The lowest BCUT2D eigenvalue weighted by Crippen LogP contribution is -2.60. The zero-order valence-electron chi connectivity index (χ0n) is 18.6. The molecule has 4 heteroatoms. The smallest absolute Gasteiger partial charge is 0.253 e. The molecule has 2 aromatic rings. The summed E-state index contributed by atoms with van der Waals surface area (Å²) in [7, 11) is -2.36. The Balaban J connectivity index is 1.65. The third kappa shape index (κ3) is 4.33. The summed E-state index contributed by atoms with van der Waals surface area (Å²) < 4.78 is 19.4. The first-order valence-electron chi connectivity index (χ1n) is 11.1. The predicted molar refractivity (Wildman–Crippen MR) is 125 cm³/mol. The van der Waals surface area contributed by atoms with Crippen LogP contribution in [0.4, 0.5) is 0 Å². The largest absolute Gasteiger partial charge is 0.405 e. The van der Waals surface area contributed by atoms with Gasteiger partial charge in [0.25, 0.3) is 8.32 Å². The first-order chi connectivity index (χ1) is 14.4. The Morgan fingerprint density at radius 2 is 1.43 bits per heavy atom. The standard InChI is InChI=1S/C26H34O3Si/c1-5-12-21-17-26(19-27-25(2,3)28-20-26)18-24(21)29-30(4,22-13-8-6-9-14-22)23-15-10-7-11-16-23/h5-16,21,24H,17-20H2,1-4H3/b12-5+/t21-,24+/m1/s1. The normalized spacial score (nSPS) is 25.7. The number of hydrogen-bond donors (Lipinski definition) is 0. The summed E-state index contributed by atoms with van der Waals surface area (Å²) in [6.45, 7) is 9.92. The van der Waals surface area contributed by atoms with Gasteiger partial charge in [0.1, 0.15) is 0 Å². The van der Waals surface area contributed by atoms with E-state index in [0.717, 1.165) is 26.1 Å². The first kappa shape index (κ1) is 21.5. The molecule has 4 rings (SSSR count). The van der Waals surface area contributed by atoms with Gasteiger partial charge in [-0.3, -0.25) is 0 Å². The van der Waals surface area contributed by atoms with E-state index < -0.39 is 14.1 Å². The molecule has 0 amide bonds. The van der Waals surface area contributed by atoms with Gasteiger partial charge in [0.05, 0.1) is 19.3 Å². The SMILES string of the molecule is C/C=C/[C@@H]1CC2(COC(C)(C)OC2)C[C@@H]1O[Si](C)(c1ccccc1)c1ccccc1. The minimum atomic E-state index is -2.36. The van der Waals surface area contributed by atoms with Crippen molar-refractivity contribution in [3.8, 4) is 0 Å². The summed E-state index contributed by atoms with van der Waals surface area (Å²) in [5.41, 5.74) is 0.0348. The summed E-state index contributed by atoms with van der Waals surface area (Å²) in [6.07, 6.45) is 6.67. The Hall–Kier alpha value is -1.72. The van der Waals surface area contributed by atoms with Crippen molar-refractivity contribution in [2.45, 2.75) is 52.1 Å². The van der Waals surface area contributed by atoms with Gasteiger partial charge in [-0.2, -0.15) is 0 Å². The molecule has 1 heterocycles. The van der Waals surface area contributed by atoms with Crippen LogP contribution in [0.25, 0.3) is 0 Å². The van der Waals surface area contributed by atoms with Crippen molar-refractivity contribution >= 4 is 18.7 Å². The average molecular weight is 423 g/mol. The van der Waals surface area contributed by atoms with E-state index in [-0.39, 0.29) is 11.5 Å². The lowest BCUT2D eigenvalue weighted by molar-refractivity contribution is -0.285. The molecule has 2 aliphatic rings. The van der Waals surface area contributed by atoms with Crippen molar-refractivity contribution in [2.75, 3.05) is 13.2 Å². The highest BCUT2D eigenvalue weighted by Gasteiger charge is 2.51. The van der Waals surface area contributed by atoms with E-state index in [2.05, 4.69) is 86.3 Å². The van der Waals surface area contributed by atoms with E-state index in [1.54, 1.807) is 0 Å². The Morgan fingerprint density at radius 3 is 1.93 bits per heavy atom. The molecule has 1 saturated carbocycles. The second-order valence-electron chi connectivity index (χ2n) is 9.50. The van der Waals surface area contributed by atoms with Crippen molar-refractivity contribution in [3.05, 3.63) is 72.8 Å². The fourth-order valence-corrected chi connectivity index (χ4v) is 8.08. The van der Waals surface area contributed by atoms with Crippen LogP contribution in [0.5, 0.6) is 0 Å². The quantitative estimate of drug-likeness (QED) is 0.524. The van der Waals surface area contributed by atoms with E-state index >= 15 is 0 Å². The summed E-state index contributed by atoms with van der Waals surface area (Å²) in [5.74, 6) is -0.111. The average Bonchev–Trinajstić information content (AvgIpc) is 3.09. The molecule has 2 aromatic carbocycles. The van der Waals surface area contributed by atoms with Gasteiger partial charge in [0.15, 0.2) is 5.79 Å². The zero-order valence-corrected chi connectivity index (χ0v) is 19.6. The molecule has 30 heavy (non-hydrogen) atoms. The summed E-state index contributed by atoms with van der Waals surface area (Å²) >= 11 is 0. The van der Waals surface area contributed by atoms with Crippen LogP contribution in [-0.4, -0.2) is 33.4 Å². The summed E-state index contributed by atoms with van der Waals surface area (Å²) in [6, 6.07) is 21.6. The Bertz CT molecular complexity index is 813. The second kappa shape index (κ2) is 8.43. The molecule has 2 fully saturated rings. The second-order valence-corrected chi connectivity index (χ2v) is 13.0. The van der Waals surface area contributed by atoms with E-state index in [0.29, 0.717) is 5.92 Å². The topological polar surface area (TPSA) is 27.7 Å². The molecule has 1 aliphatic heterocycles. The predicted octanol–water partition coefficient (Wildman–Crippen LogP) is 4.52. The van der Waals surface area contributed by atoms with Gasteiger partial charge in [0, 0.05) is 11.3 Å².